The van der Waals surface area contributed by atoms with Crippen LogP contribution in [0.4, 0.5) is 11.4 Å². The third-order valence-corrected chi connectivity index (χ3v) is 6.86. The van der Waals surface area contributed by atoms with E-state index in [2.05, 4.69) is 12.2 Å². The Kier molecular flexibility index (Phi) is 11.7. The molecule has 8 nitrogen and oxygen atoms in total. The predicted octanol–water partition coefficient (Wildman–Crippen LogP) is 5.95. The van der Waals surface area contributed by atoms with Crippen LogP contribution in [0.3, 0.4) is 0 Å². The summed E-state index contributed by atoms with van der Waals surface area (Å²) in [6.45, 7) is 7.46. The van der Waals surface area contributed by atoms with Crippen LogP contribution in [0.25, 0.3) is 0 Å². The van der Waals surface area contributed by atoms with E-state index in [1.54, 1.807) is 43.3 Å². The van der Waals surface area contributed by atoms with Crippen molar-refractivity contribution in [1.29, 1.82) is 0 Å². The molecule has 1 atom stereocenters. The van der Waals surface area contributed by atoms with Crippen molar-refractivity contribution < 1.29 is 23.9 Å². The number of nitrogens with one attached hydrogen (secondary N) is 1. The first kappa shape index (κ1) is 30.1. The van der Waals surface area contributed by atoms with Crippen LogP contribution in [0.5, 0.6) is 5.75 Å². The number of nitrogens with zero attached hydrogens (tertiary/aromatic N) is 2. The largest absolute Gasteiger partial charge is 0.494 e. The summed E-state index contributed by atoms with van der Waals surface area (Å²) < 4.78 is 10.7. The summed E-state index contributed by atoms with van der Waals surface area (Å²) in [6, 6.07) is 13.1. The van der Waals surface area contributed by atoms with E-state index in [9.17, 15) is 14.4 Å². The summed E-state index contributed by atoms with van der Waals surface area (Å²) in [6.07, 6.45) is 6.21. The average molecular weight is 554 g/mol. The van der Waals surface area contributed by atoms with Gasteiger partial charge in [0.1, 0.15) is 11.8 Å². The van der Waals surface area contributed by atoms with Crippen LogP contribution in [0.2, 0.25) is 0 Å². The van der Waals surface area contributed by atoms with Gasteiger partial charge < -0.3 is 19.7 Å². The zero-order chi connectivity index (χ0) is 28.2. The minimum atomic E-state index is -0.708. The van der Waals surface area contributed by atoms with Crippen molar-refractivity contribution in [3.63, 3.8) is 0 Å². The van der Waals surface area contributed by atoms with E-state index >= 15 is 0 Å². The molecule has 2 aromatic carbocycles. The highest BCUT2D eigenvalue weighted by Gasteiger charge is 2.43. The number of thiocarbonyl (C=S) groups is 1. The van der Waals surface area contributed by atoms with Gasteiger partial charge in [0.2, 0.25) is 5.91 Å². The summed E-state index contributed by atoms with van der Waals surface area (Å²) >= 11 is 5.75. The smallest absolute Gasteiger partial charge is 0.338 e. The summed E-state index contributed by atoms with van der Waals surface area (Å²) in [5.74, 6) is -0.206. The number of carbonyl (C=O) groups excluding carboxylic acids is 3. The number of hydrogen-bond acceptors (Lipinski definition) is 6. The zero-order valence-electron chi connectivity index (χ0n) is 23.1. The van der Waals surface area contributed by atoms with Crippen molar-refractivity contribution in [3.05, 3.63) is 54.1 Å². The lowest BCUT2D eigenvalue weighted by Gasteiger charge is -2.24. The number of anilines is 2. The molecule has 1 N–H and O–H groups in total. The van der Waals surface area contributed by atoms with Crippen molar-refractivity contribution in [2.45, 2.75) is 71.8 Å². The standard InChI is InChI=1S/C30H39N3O5S/c1-4-7-8-9-10-19-32-26(21-27(34)31-23-13-17-25(18-14-23)38-20-5-2)28(35)33(30(32)39)24-15-11-22(12-16-24)29(36)37-6-3/h11-18,26H,4-10,19-21H2,1-3H3,(H,31,34). The number of unbranched alkanes of at least 4 members (excludes halogenated alkanes) is 4. The van der Waals surface area contributed by atoms with E-state index in [1.807, 2.05) is 24.0 Å². The number of benzene rings is 2. The normalized spacial score (nSPS) is 15.0. The lowest BCUT2D eigenvalue weighted by molar-refractivity contribution is -0.124. The molecule has 3 rings (SSSR count). The molecule has 1 aliphatic heterocycles. The van der Waals surface area contributed by atoms with Crippen LogP contribution >= 0.6 is 12.2 Å². The minimum Gasteiger partial charge on any atom is -0.494 e. The highest BCUT2D eigenvalue weighted by atomic mass is 32.1. The van der Waals surface area contributed by atoms with Gasteiger partial charge in [0.15, 0.2) is 5.11 Å². The molecule has 0 saturated carbocycles. The Balaban J connectivity index is 1.73. The fourth-order valence-electron chi connectivity index (χ4n) is 4.41. The Labute approximate surface area is 236 Å². The summed E-state index contributed by atoms with van der Waals surface area (Å²) in [7, 11) is 0. The van der Waals surface area contributed by atoms with E-state index in [4.69, 9.17) is 21.7 Å². The maximum atomic E-state index is 13.6. The first-order chi connectivity index (χ1) is 18.9. The summed E-state index contributed by atoms with van der Waals surface area (Å²) in [5.41, 5.74) is 1.59. The van der Waals surface area contributed by atoms with Crippen LogP contribution in [-0.2, 0) is 14.3 Å². The van der Waals surface area contributed by atoms with E-state index < -0.39 is 12.0 Å². The molecule has 39 heavy (non-hydrogen) atoms. The molecule has 1 aliphatic rings. The van der Waals surface area contributed by atoms with Crippen molar-refractivity contribution in [1.82, 2.24) is 4.90 Å². The number of amides is 2. The zero-order valence-corrected chi connectivity index (χ0v) is 23.9. The van der Waals surface area contributed by atoms with Gasteiger partial charge in [-0.3, -0.25) is 14.5 Å². The predicted molar refractivity (Wildman–Crippen MR) is 157 cm³/mol. The van der Waals surface area contributed by atoms with E-state index in [-0.39, 0.29) is 24.8 Å². The van der Waals surface area contributed by atoms with Gasteiger partial charge in [0.25, 0.3) is 5.91 Å². The van der Waals surface area contributed by atoms with E-state index in [0.29, 0.717) is 35.2 Å². The molecule has 1 heterocycles. The van der Waals surface area contributed by atoms with Gasteiger partial charge >= 0.3 is 5.97 Å². The second-order valence-electron chi connectivity index (χ2n) is 9.47. The number of hydrogen-bond donors (Lipinski definition) is 1. The van der Waals surface area contributed by atoms with E-state index in [1.165, 1.54) is 4.90 Å². The Morgan fingerprint density at radius 1 is 0.923 bits per heavy atom. The molecule has 1 saturated heterocycles. The van der Waals surface area contributed by atoms with Gasteiger partial charge in [-0.2, -0.15) is 0 Å². The molecule has 2 amide bonds. The molecule has 0 aliphatic carbocycles. The van der Waals surface area contributed by atoms with Crippen LogP contribution in [0.1, 0.15) is 76.1 Å². The summed E-state index contributed by atoms with van der Waals surface area (Å²) in [4.78, 5) is 42.0. The lowest BCUT2D eigenvalue weighted by atomic mass is 10.1. The molecule has 1 fully saturated rings. The summed E-state index contributed by atoms with van der Waals surface area (Å²) in [5, 5.41) is 3.26. The minimum absolute atomic E-state index is 0.0283. The number of ether oxygens (including phenoxy) is 2. The molecule has 0 spiro atoms. The molecule has 2 aromatic rings. The molecule has 1 unspecified atom stereocenters. The van der Waals surface area contributed by atoms with Crippen molar-refractivity contribution in [3.8, 4) is 5.75 Å². The maximum Gasteiger partial charge on any atom is 0.338 e. The van der Waals surface area contributed by atoms with Gasteiger partial charge in [-0.1, -0.05) is 39.5 Å². The molecule has 0 bridgehead atoms. The number of carbonyl (C=O) groups is 3. The Bertz CT molecular complexity index is 1120. The third kappa shape index (κ3) is 8.26. The number of esters is 1. The molecular weight excluding hydrogens is 514 g/mol. The monoisotopic (exact) mass is 553 g/mol. The first-order valence-corrected chi connectivity index (χ1v) is 14.2. The fraction of sp³-hybridized carbons (Fsp3) is 0.467. The Morgan fingerprint density at radius 3 is 2.26 bits per heavy atom. The molecule has 0 aromatic heterocycles. The van der Waals surface area contributed by atoms with Crippen LogP contribution in [0.15, 0.2) is 48.5 Å². The average Bonchev–Trinajstić information content (AvgIpc) is 3.16. The second-order valence-corrected chi connectivity index (χ2v) is 9.84. The molecule has 210 valence electrons. The molecule has 9 heteroatoms. The lowest BCUT2D eigenvalue weighted by Crippen LogP contribution is -2.38. The Hall–Kier alpha value is -3.46. The van der Waals surface area contributed by atoms with Gasteiger partial charge in [-0.05, 0) is 80.5 Å². The SMILES string of the molecule is CCCCCCCN1C(=S)N(c2ccc(C(=O)OCC)cc2)C(=O)C1CC(=O)Nc1ccc(OCCC)cc1. The topological polar surface area (TPSA) is 88.2 Å². The van der Waals surface area contributed by atoms with Gasteiger partial charge in [-0.25, -0.2) is 4.79 Å². The molecule has 0 radical (unpaired) electrons. The van der Waals surface area contributed by atoms with Gasteiger partial charge in [-0.15, -0.1) is 0 Å². The van der Waals surface area contributed by atoms with Crippen LogP contribution < -0.4 is 15.0 Å². The fourth-order valence-corrected chi connectivity index (χ4v) is 4.83. The van der Waals surface area contributed by atoms with Gasteiger partial charge in [0, 0.05) is 12.2 Å². The molecular formula is C30H39N3O5S. The van der Waals surface area contributed by atoms with Crippen molar-refractivity contribution >= 4 is 46.5 Å². The Morgan fingerprint density at radius 2 is 1.62 bits per heavy atom. The first-order valence-electron chi connectivity index (χ1n) is 13.8. The van der Waals surface area contributed by atoms with E-state index in [0.717, 1.165) is 44.3 Å². The van der Waals surface area contributed by atoms with Crippen LogP contribution in [-0.4, -0.2) is 53.6 Å². The van der Waals surface area contributed by atoms with Crippen molar-refractivity contribution in [2.75, 3.05) is 30.0 Å². The maximum absolute atomic E-state index is 13.6. The quantitative estimate of drug-likeness (QED) is 0.166. The second kappa shape index (κ2) is 15.2. The highest BCUT2D eigenvalue weighted by molar-refractivity contribution is 7.80. The van der Waals surface area contributed by atoms with Crippen LogP contribution in [0, 0.1) is 0 Å². The highest BCUT2D eigenvalue weighted by Crippen LogP contribution is 2.28. The number of rotatable bonds is 15. The third-order valence-electron chi connectivity index (χ3n) is 6.45. The van der Waals surface area contributed by atoms with Gasteiger partial charge in [0.05, 0.1) is 30.9 Å². The van der Waals surface area contributed by atoms with Crippen molar-refractivity contribution in [2.24, 2.45) is 0 Å².